The Bertz CT molecular complexity index is 551. The Morgan fingerprint density at radius 1 is 1.09 bits per heavy atom. The van der Waals surface area contributed by atoms with Crippen LogP contribution < -0.4 is 4.74 Å². The third-order valence-corrected chi connectivity index (χ3v) is 3.80. The maximum absolute atomic E-state index is 12.1. The Morgan fingerprint density at radius 2 is 1.61 bits per heavy atom. The van der Waals surface area contributed by atoms with Crippen molar-refractivity contribution in [2.24, 2.45) is 5.41 Å². The molecule has 6 heteroatoms. The van der Waals surface area contributed by atoms with Crippen molar-refractivity contribution in [1.29, 1.82) is 0 Å². The number of rotatable bonds is 7. The maximum atomic E-state index is 12.1. The molecule has 1 aliphatic rings. The highest BCUT2D eigenvalue weighted by Gasteiger charge is 2.59. The van der Waals surface area contributed by atoms with Crippen LogP contribution in [0.4, 0.5) is 0 Å². The van der Waals surface area contributed by atoms with Gasteiger partial charge in [-0.3, -0.25) is 14.4 Å². The molecule has 124 valence electrons. The van der Waals surface area contributed by atoms with E-state index in [1.165, 1.54) is 0 Å². The van der Waals surface area contributed by atoms with Gasteiger partial charge in [0.2, 0.25) is 0 Å². The van der Waals surface area contributed by atoms with Crippen LogP contribution >= 0.6 is 0 Å². The summed E-state index contributed by atoms with van der Waals surface area (Å²) in [7, 11) is 0. The van der Waals surface area contributed by atoms with Gasteiger partial charge in [-0.15, -0.1) is 0 Å². The Kier molecular flexibility index (Phi) is 5.36. The van der Waals surface area contributed by atoms with Gasteiger partial charge < -0.3 is 14.2 Å². The van der Waals surface area contributed by atoms with E-state index in [-0.39, 0.29) is 32.2 Å². The zero-order valence-corrected chi connectivity index (χ0v) is 13.2. The third-order valence-electron chi connectivity index (χ3n) is 3.80. The zero-order valence-electron chi connectivity index (χ0n) is 13.2. The van der Waals surface area contributed by atoms with Crippen molar-refractivity contribution in [2.45, 2.75) is 32.8 Å². The van der Waals surface area contributed by atoms with Crippen LogP contribution in [-0.2, 0) is 19.1 Å². The van der Waals surface area contributed by atoms with Crippen molar-refractivity contribution < 1.29 is 28.6 Å². The maximum Gasteiger partial charge on any atom is 0.323 e. The summed E-state index contributed by atoms with van der Waals surface area (Å²) in [6.07, 6.45) is 0.922. The molecule has 1 aromatic rings. The Hall–Kier alpha value is -2.37. The molecule has 0 spiro atoms. The van der Waals surface area contributed by atoms with E-state index >= 15 is 0 Å². The van der Waals surface area contributed by atoms with Crippen molar-refractivity contribution in [1.82, 2.24) is 0 Å². The fourth-order valence-electron chi connectivity index (χ4n) is 2.57. The van der Waals surface area contributed by atoms with Gasteiger partial charge in [-0.2, -0.15) is 0 Å². The number of carbonyl (C=O) groups is 3. The molecule has 1 saturated carbocycles. The molecule has 0 saturated heterocycles. The van der Waals surface area contributed by atoms with Gasteiger partial charge in [-0.05, 0) is 38.1 Å². The molecule has 0 unspecified atom stereocenters. The monoisotopic (exact) mass is 320 g/mol. The smallest absolute Gasteiger partial charge is 0.323 e. The quantitative estimate of drug-likeness (QED) is 0.435. The first kappa shape index (κ1) is 17.0. The predicted molar refractivity (Wildman–Crippen MR) is 81.2 cm³/mol. The van der Waals surface area contributed by atoms with Crippen molar-refractivity contribution >= 4 is 18.2 Å². The number of hydrogen-bond acceptors (Lipinski definition) is 6. The van der Waals surface area contributed by atoms with Gasteiger partial charge in [0.15, 0.2) is 5.41 Å². The van der Waals surface area contributed by atoms with E-state index in [4.69, 9.17) is 14.2 Å². The second-order valence-electron chi connectivity index (χ2n) is 5.36. The molecule has 0 bridgehead atoms. The first-order valence-electron chi connectivity index (χ1n) is 7.62. The summed E-state index contributed by atoms with van der Waals surface area (Å²) in [5.41, 5.74) is -0.710. The molecule has 0 aliphatic heterocycles. The van der Waals surface area contributed by atoms with Crippen molar-refractivity contribution in [3.63, 3.8) is 0 Å². The molecule has 1 aromatic carbocycles. The van der Waals surface area contributed by atoms with Gasteiger partial charge in [0.1, 0.15) is 18.1 Å². The highest BCUT2D eigenvalue weighted by molar-refractivity contribution is 6.01. The second kappa shape index (κ2) is 7.26. The molecule has 0 radical (unpaired) electrons. The minimum Gasteiger partial charge on any atom is -0.490 e. The fraction of sp³-hybridized carbons (Fsp3) is 0.471. The summed E-state index contributed by atoms with van der Waals surface area (Å²) in [5.74, 6) is -0.536. The fourth-order valence-corrected chi connectivity index (χ4v) is 2.57. The lowest BCUT2D eigenvalue weighted by Gasteiger charge is -2.42. The van der Waals surface area contributed by atoms with Crippen LogP contribution in [0, 0.1) is 5.41 Å². The van der Waals surface area contributed by atoms with E-state index in [1.54, 1.807) is 38.1 Å². The van der Waals surface area contributed by atoms with Gasteiger partial charge in [0.25, 0.3) is 0 Å². The van der Waals surface area contributed by atoms with Crippen LogP contribution in [-0.4, -0.2) is 37.5 Å². The number of hydrogen-bond donors (Lipinski definition) is 0. The average Bonchev–Trinajstić information content (AvgIpc) is 2.51. The van der Waals surface area contributed by atoms with Crippen LogP contribution in [0.1, 0.15) is 37.0 Å². The summed E-state index contributed by atoms with van der Waals surface area (Å²) >= 11 is 0. The van der Waals surface area contributed by atoms with Gasteiger partial charge in [-0.1, -0.05) is 0 Å². The number of benzene rings is 1. The molecular formula is C17H20O6. The SMILES string of the molecule is CCOC(=O)C1(C(=O)OCC)CC(Oc2ccc(C=O)cc2)C1. The first-order valence-corrected chi connectivity index (χ1v) is 7.62. The Morgan fingerprint density at radius 3 is 2.04 bits per heavy atom. The third kappa shape index (κ3) is 3.52. The van der Waals surface area contributed by atoms with Crippen LogP contribution in [0.15, 0.2) is 24.3 Å². The minimum absolute atomic E-state index is 0.207. The molecule has 0 atom stereocenters. The largest absolute Gasteiger partial charge is 0.490 e. The van der Waals surface area contributed by atoms with E-state index in [0.29, 0.717) is 11.3 Å². The molecule has 2 rings (SSSR count). The zero-order chi connectivity index (χ0) is 16.9. The van der Waals surface area contributed by atoms with Crippen LogP contribution in [0.5, 0.6) is 5.75 Å². The van der Waals surface area contributed by atoms with E-state index in [1.807, 2.05) is 0 Å². The first-order chi connectivity index (χ1) is 11.1. The van der Waals surface area contributed by atoms with E-state index in [9.17, 15) is 14.4 Å². The highest BCUT2D eigenvalue weighted by atomic mass is 16.6. The lowest BCUT2D eigenvalue weighted by molar-refractivity contribution is -0.186. The van der Waals surface area contributed by atoms with Crippen LogP contribution in [0.25, 0.3) is 0 Å². The number of esters is 2. The van der Waals surface area contributed by atoms with E-state index in [0.717, 1.165) is 6.29 Å². The highest BCUT2D eigenvalue weighted by Crippen LogP contribution is 2.45. The Labute approximate surface area is 134 Å². The van der Waals surface area contributed by atoms with E-state index < -0.39 is 17.4 Å². The van der Waals surface area contributed by atoms with Crippen molar-refractivity contribution in [3.05, 3.63) is 29.8 Å². The van der Waals surface area contributed by atoms with Gasteiger partial charge >= 0.3 is 11.9 Å². The molecule has 23 heavy (non-hydrogen) atoms. The molecule has 0 aromatic heterocycles. The lowest BCUT2D eigenvalue weighted by Crippen LogP contribution is -2.55. The summed E-state index contributed by atoms with van der Waals surface area (Å²) in [6, 6.07) is 6.65. The number of carbonyl (C=O) groups excluding carboxylic acids is 3. The predicted octanol–water partition coefficient (Wildman–Crippen LogP) is 2.15. The van der Waals surface area contributed by atoms with Gasteiger partial charge in [0, 0.05) is 18.4 Å². The molecular weight excluding hydrogens is 300 g/mol. The van der Waals surface area contributed by atoms with Crippen molar-refractivity contribution in [2.75, 3.05) is 13.2 Å². The molecule has 1 fully saturated rings. The molecule has 1 aliphatic carbocycles. The summed E-state index contributed by atoms with van der Waals surface area (Å²) in [5, 5.41) is 0. The average molecular weight is 320 g/mol. The lowest BCUT2D eigenvalue weighted by atomic mass is 9.66. The van der Waals surface area contributed by atoms with Gasteiger partial charge in [0.05, 0.1) is 13.2 Å². The van der Waals surface area contributed by atoms with Crippen molar-refractivity contribution in [3.8, 4) is 5.75 Å². The normalized spacial score (nSPS) is 16.1. The van der Waals surface area contributed by atoms with Crippen LogP contribution in [0.2, 0.25) is 0 Å². The standard InChI is InChI=1S/C17H20O6/c1-3-21-15(19)17(16(20)22-4-2)9-14(10-17)23-13-7-5-12(11-18)6-8-13/h5-8,11,14H,3-4,9-10H2,1-2H3. The van der Waals surface area contributed by atoms with Crippen LogP contribution in [0.3, 0.4) is 0 Å². The molecule has 6 nitrogen and oxygen atoms in total. The Balaban J connectivity index is 2.02. The molecule has 0 amide bonds. The summed E-state index contributed by atoms with van der Waals surface area (Å²) < 4.78 is 15.8. The van der Waals surface area contributed by atoms with E-state index in [2.05, 4.69) is 0 Å². The van der Waals surface area contributed by atoms with Gasteiger partial charge in [-0.25, -0.2) is 0 Å². The summed E-state index contributed by atoms with van der Waals surface area (Å²) in [6.45, 7) is 3.80. The molecule has 0 N–H and O–H groups in total. The topological polar surface area (TPSA) is 78.9 Å². The molecule has 0 heterocycles. The minimum atomic E-state index is -1.26. The second-order valence-corrected chi connectivity index (χ2v) is 5.36. The number of ether oxygens (including phenoxy) is 3. The number of aldehydes is 1. The summed E-state index contributed by atoms with van der Waals surface area (Å²) in [4.78, 5) is 34.9.